The van der Waals surface area contributed by atoms with Crippen molar-refractivity contribution >= 4 is 34.6 Å². The fourth-order valence-corrected chi connectivity index (χ4v) is 3.88. The molecular formula is C23H20N2OS. The van der Waals surface area contributed by atoms with Crippen molar-refractivity contribution in [3.8, 4) is 0 Å². The molecule has 3 nitrogen and oxygen atoms in total. The smallest absolute Gasteiger partial charge is 0.256 e. The Hall–Kier alpha value is -2.98. The number of thiocarbonyl (C=S) groups is 1. The van der Waals surface area contributed by atoms with Gasteiger partial charge in [-0.3, -0.25) is 9.69 Å². The molecule has 1 saturated heterocycles. The van der Waals surface area contributed by atoms with Gasteiger partial charge in [-0.2, -0.15) is 0 Å². The number of carbonyl (C=O) groups excluding carboxylic acids is 1. The Bertz CT molecular complexity index is 955. The van der Waals surface area contributed by atoms with Gasteiger partial charge in [-0.05, 0) is 61.0 Å². The normalized spacial score (nSPS) is 16.9. The second-order valence-electron chi connectivity index (χ2n) is 6.67. The quantitative estimate of drug-likeness (QED) is 0.615. The van der Waals surface area contributed by atoms with Crippen LogP contribution in [0.25, 0.3) is 0 Å². The Balaban J connectivity index is 1.58. The Kier molecular flexibility index (Phi) is 4.73. The summed E-state index contributed by atoms with van der Waals surface area (Å²) < 4.78 is 0. The van der Waals surface area contributed by atoms with Gasteiger partial charge < -0.3 is 4.90 Å². The third-order valence-corrected chi connectivity index (χ3v) is 5.22. The van der Waals surface area contributed by atoms with Gasteiger partial charge in [0, 0.05) is 5.69 Å². The Morgan fingerprint density at radius 1 is 0.778 bits per heavy atom. The van der Waals surface area contributed by atoms with Crippen molar-refractivity contribution in [2.24, 2.45) is 0 Å². The predicted octanol–water partition coefficient (Wildman–Crippen LogP) is 4.80. The highest BCUT2D eigenvalue weighted by Crippen LogP contribution is 2.30. The summed E-state index contributed by atoms with van der Waals surface area (Å²) in [6.45, 7) is 1.89. The molecule has 1 heterocycles. The van der Waals surface area contributed by atoms with Gasteiger partial charge in [-0.15, -0.1) is 0 Å². The minimum atomic E-state index is -0.316. The van der Waals surface area contributed by atoms with E-state index in [0.717, 1.165) is 17.8 Å². The van der Waals surface area contributed by atoms with Crippen molar-refractivity contribution in [1.29, 1.82) is 0 Å². The summed E-state index contributed by atoms with van der Waals surface area (Å²) in [7, 11) is 0. The van der Waals surface area contributed by atoms with Crippen LogP contribution in [0.4, 0.5) is 11.4 Å². The van der Waals surface area contributed by atoms with Crippen LogP contribution >= 0.6 is 12.2 Å². The molecule has 0 spiro atoms. The molecule has 134 valence electrons. The van der Waals surface area contributed by atoms with Gasteiger partial charge >= 0.3 is 0 Å². The van der Waals surface area contributed by atoms with E-state index in [1.165, 1.54) is 11.1 Å². The molecule has 4 rings (SSSR count). The molecule has 3 aromatic carbocycles. The molecule has 1 aliphatic rings. The summed E-state index contributed by atoms with van der Waals surface area (Å²) in [5, 5.41) is 0.523. The standard InChI is InChI=1S/C23H20N2OS/c1-17-22(26)25(23(27)24(17)20-10-6-3-7-11-20)21-14-12-19(13-15-21)16-18-8-4-2-5-9-18/h2-15,17H,16H2,1H3. The lowest BCUT2D eigenvalue weighted by molar-refractivity contribution is -0.117. The predicted molar refractivity (Wildman–Crippen MR) is 114 cm³/mol. The SMILES string of the molecule is CC1C(=O)N(c2ccc(Cc3ccccc3)cc2)C(=S)N1c1ccccc1. The third kappa shape index (κ3) is 3.36. The summed E-state index contributed by atoms with van der Waals surface area (Å²) in [6, 6.07) is 27.9. The van der Waals surface area contributed by atoms with E-state index < -0.39 is 0 Å². The largest absolute Gasteiger partial charge is 0.306 e. The number of anilines is 2. The van der Waals surface area contributed by atoms with Crippen LogP contribution in [0.1, 0.15) is 18.1 Å². The highest BCUT2D eigenvalue weighted by atomic mass is 32.1. The van der Waals surface area contributed by atoms with Gasteiger partial charge in [0.25, 0.3) is 5.91 Å². The zero-order chi connectivity index (χ0) is 18.8. The maximum atomic E-state index is 12.9. The van der Waals surface area contributed by atoms with E-state index in [2.05, 4.69) is 24.3 Å². The fraction of sp³-hybridized carbons (Fsp3) is 0.130. The summed E-state index contributed by atoms with van der Waals surface area (Å²) in [5.74, 6) is -0.000313. The van der Waals surface area contributed by atoms with Gasteiger partial charge in [-0.25, -0.2) is 0 Å². The van der Waals surface area contributed by atoms with E-state index in [0.29, 0.717) is 5.11 Å². The van der Waals surface area contributed by atoms with Gasteiger partial charge in [0.2, 0.25) is 0 Å². The number of amides is 1. The number of nitrogens with zero attached hydrogens (tertiary/aromatic N) is 2. The van der Waals surface area contributed by atoms with Gasteiger partial charge in [0.1, 0.15) is 6.04 Å². The van der Waals surface area contributed by atoms with Gasteiger partial charge in [-0.1, -0.05) is 60.7 Å². The highest BCUT2D eigenvalue weighted by Gasteiger charge is 2.41. The zero-order valence-electron chi connectivity index (χ0n) is 15.1. The molecule has 1 unspecified atom stereocenters. The van der Waals surface area contributed by atoms with Gasteiger partial charge in [0.15, 0.2) is 5.11 Å². The minimum Gasteiger partial charge on any atom is -0.306 e. The molecule has 0 N–H and O–H groups in total. The number of rotatable bonds is 4. The van der Waals surface area contributed by atoms with Crippen molar-refractivity contribution < 1.29 is 4.79 Å². The Labute approximate surface area is 164 Å². The number of benzene rings is 3. The second-order valence-corrected chi connectivity index (χ2v) is 7.03. The first-order chi connectivity index (χ1) is 13.1. The lowest BCUT2D eigenvalue weighted by Gasteiger charge is -2.22. The van der Waals surface area contributed by atoms with E-state index in [4.69, 9.17) is 12.2 Å². The molecule has 0 radical (unpaired) electrons. The molecule has 1 aliphatic heterocycles. The molecule has 1 amide bonds. The topological polar surface area (TPSA) is 23.6 Å². The summed E-state index contributed by atoms with van der Waals surface area (Å²) >= 11 is 5.65. The van der Waals surface area contributed by atoms with Crippen molar-refractivity contribution in [2.45, 2.75) is 19.4 Å². The monoisotopic (exact) mass is 372 g/mol. The number of hydrogen-bond donors (Lipinski definition) is 0. The second kappa shape index (κ2) is 7.33. The van der Waals surface area contributed by atoms with Crippen LogP contribution in [-0.2, 0) is 11.2 Å². The maximum absolute atomic E-state index is 12.9. The molecule has 0 aromatic heterocycles. The van der Waals surface area contributed by atoms with Crippen LogP contribution in [0.3, 0.4) is 0 Å². The Morgan fingerprint density at radius 2 is 1.33 bits per heavy atom. The van der Waals surface area contributed by atoms with Crippen LogP contribution in [-0.4, -0.2) is 17.1 Å². The summed E-state index contributed by atoms with van der Waals surface area (Å²) in [5.41, 5.74) is 4.22. The third-order valence-electron chi connectivity index (χ3n) is 4.84. The van der Waals surface area contributed by atoms with E-state index in [1.807, 2.05) is 72.5 Å². The van der Waals surface area contributed by atoms with E-state index >= 15 is 0 Å². The maximum Gasteiger partial charge on any atom is 0.256 e. The molecule has 1 fully saturated rings. The van der Waals surface area contributed by atoms with E-state index in [9.17, 15) is 4.79 Å². The van der Waals surface area contributed by atoms with Crippen LogP contribution in [0, 0.1) is 0 Å². The molecule has 0 bridgehead atoms. The van der Waals surface area contributed by atoms with E-state index in [1.54, 1.807) is 4.90 Å². The molecule has 4 heteroatoms. The van der Waals surface area contributed by atoms with Crippen molar-refractivity contribution in [1.82, 2.24) is 0 Å². The van der Waals surface area contributed by atoms with Gasteiger partial charge in [0.05, 0.1) is 5.69 Å². The van der Waals surface area contributed by atoms with Crippen LogP contribution < -0.4 is 9.80 Å². The first-order valence-electron chi connectivity index (χ1n) is 9.00. The number of carbonyl (C=O) groups is 1. The zero-order valence-corrected chi connectivity index (χ0v) is 15.9. The molecule has 0 saturated carbocycles. The molecule has 3 aromatic rings. The average molecular weight is 372 g/mol. The van der Waals surface area contributed by atoms with Crippen LogP contribution in [0.5, 0.6) is 0 Å². The average Bonchev–Trinajstić information content (AvgIpc) is 2.93. The first-order valence-corrected chi connectivity index (χ1v) is 9.41. The van der Waals surface area contributed by atoms with Crippen molar-refractivity contribution in [3.05, 3.63) is 96.1 Å². The lowest BCUT2D eigenvalue weighted by Crippen LogP contribution is -2.33. The molecule has 27 heavy (non-hydrogen) atoms. The van der Waals surface area contributed by atoms with E-state index in [-0.39, 0.29) is 11.9 Å². The summed E-state index contributed by atoms with van der Waals surface area (Å²) in [4.78, 5) is 16.4. The first kappa shape index (κ1) is 17.4. The molecule has 1 atom stereocenters. The Morgan fingerprint density at radius 3 is 1.96 bits per heavy atom. The molecule has 0 aliphatic carbocycles. The van der Waals surface area contributed by atoms with Crippen molar-refractivity contribution in [2.75, 3.05) is 9.80 Å². The van der Waals surface area contributed by atoms with Crippen molar-refractivity contribution in [3.63, 3.8) is 0 Å². The fourth-order valence-electron chi connectivity index (χ4n) is 3.42. The minimum absolute atomic E-state index is 0.000313. The highest BCUT2D eigenvalue weighted by molar-refractivity contribution is 7.81. The van der Waals surface area contributed by atoms with Crippen LogP contribution in [0.2, 0.25) is 0 Å². The number of para-hydroxylation sites is 1. The number of hydrogen-bond acceptors (Lipinski definition) is 2. The van der Waals surface area contributed by atoms with Crippen LogP contribution in [0.15, 0.2) is 84.9 Å². The summed E-state index contributed by atoms with van der Waals surface area (Å²) in [6.07, 6.45) is 0.867. The molecular weight excluding hydrogens is 352 g/mol. The lowest BCUT2D eigenvalue weighted by atomic mass is 10.0.